The maximum atomic E-state index is 13.1. The van der Waals surface area contributed by atoms with Gasteiger partial charge >= 0.3 is 5.97 Å². The average Bonchev–Trinajstić information content (AvgIpc) is 3.07. The first-order valence-electron chi connectivity index (χ1n) is 9.17. The van der Waals surface area contributed by atoms with Crippen molar-refractivity contribution in [2.24, 2.45) is 5.92 Å². The number of rotatable bonds is 6. The Morgan fingerprint density at radius 1 is 1.14 bits per heavy atom. The van der Waals surface area contributed by atoms with Crippen molar-refractivity contribution in [2.45, 2.75) is 19.8 Å². The van der Waals surface area contributed by atoms with Gasteiger partial charge in [-0.15, -0.1) is 0 Å². The highest BCUT2D eigenvalue weighted by Gasteiger charge is 2.36. The van der Waals surface area contributed by atoms with Crippen LogP contribution >= 0.6 is 0 Å². The Balaban J connectivity index is 1.52. The molecule has 152 valence electrons. The summed E-state index contributed by atoms with van der Waals surface area (Å²) < 4.78 is 31.3. The number of aryl methyl sites for hydroxylation is 1. The van der Waals surface area contributed by atoms with Crippen molar-refractivity contribution in [1.29, 1.82) is 0 Å². The quantitative estimate of drug-likeness (QED) is 0.754. The summed E-state index contributed by atoms with van der Waals surface area (Å²) in [5.41, 5.74) is 1.76. The van der Waals surface area contributed by atoms with E-state index in [1.54, 1.807) is 0 Å². The van der Waals surface area contributed by atoms with Crippen LogP contribution in [0.25, 0.3) is 0 Å². The summed E-state index contributed by atoms with van der Waals surface area (Å²) >= 11 is 0. The monoisotopic (exact) mass is 402 g/mol. The maximum Gasteiger partial charge on any atom is 0.311 e. The summed E-state index contributed by atoms with van der Waals surface area (Å²) in [4.78, 5) is 37.9. The molecule has 0 aromatic heterocycles. The van der Waals surface area contributed by atoms with E-state index in [0.717, 1.165) is 24.1 Å². The minimum Gasteiger partial charge on any atom is -0.455 e. The molecular formula is C21H20F2N2O4. The van der Waals surface area contributed by atoms with E-state index in [9.17, 15) is 23.2 Å². The fraction of sp³-hybridized carbons (Fsp3) is 0.286. The molecule has 1 aliphatic heterocycles. The molecule has 29 heavy (non-hydrogen) atoms. The number of esters is 1. The second kappa shape index (κ2) is 8.81. The van der Waals surface area contributed by atoms with E-state index in [1.807, 2.05) is 31.2 Å². The molecule has 2 aromatic rings. The number of ether oxygens (including phenoxy) is 1. The predicted molar refractivity (Wildman–Crippen MR) is 102 cm³/mol. The van der Waals surface area contributed by atoms with Crippen molar-refractivity contribution < 1.29 is 27.9 Å². The fourth-order valence-corrected chi connectivity index (χ4v) is 3.10. The van der Waals surface area contributed by atoms with Gasteiger partial charge in [0, 0.05) is 30.4 Å². The Bertz CT molecular complexity index is 911. The predicted octanol–water partition coefficient (Wildman–Crippen LogP) is 3.06. The van der Waals surface area contributed by atoms with E-state index >= 15 is 0 Å². The van der Waals surface area contributed by atoms with Crippen molar-refractivity contribution in [2.75, 3.05) is 23.4 Å². The first-order valence-corrected chi connectivity index (χ1v) is 9.17. The lowest BCUT2D eigenvalue weighted by molar-refractivity contribution is -0.151. The van der Waals surface area contributed by atoms with Gasteiger partial charge in [-0.2, -0.15) is 0 Å². The van der Waals surface area contributed by atoms with Crippen LogP contribution in [0.3, 0.4) is 0 Å². The third-order valence-electron chi connectivity index (χ3n) is 4.61. The molecule has 1 aliphatic rings. The van der Waals surface area contributed by atoms with Crippen LogP contribution in [0.15, 0.2) is 42.5 Å². The number of hydrogen-bond donors (Lipinski definition) is 1. The van der Waals surface area contributed by atoms with E-state index in [2.05, 4.69) is 5.32 Å². The Morgan fingerprint density at radius 2 is 1.79 bits per heavy atom. The molecule has 0 radical (unpaired) electrons. The summed E-state index contributed by atoms with van der Waals surface area (Å²) in [7, 11) is 0. The van der Waals surface area contributed by atoms with Crippen molar-refractivity contribution in [1.82, 2.24) is 0 Å². The van der Waals surface area contributed by atoms with Crippen LogP contribution in [-0.2, 0) is 25.5 Å². The Labute approximate surface area is 166 Å². The number of nitrogens with one attached hydrogen (secondary N) is 1. The molecule has 1 heterocycles. The van der Waals surface area contributed by atoms with Crippen molar-refractivity contribution in [3.05, 3.63) is 59.7 Å². The van der Waals surface area contributed by atoms with Crippen LogP contribution in [0.5, 0.6) is 0 Å². The van der Waals surface area contributed by atoms with Crippen LogP contribution in [0.4, 0.5) is 20.2 Å². The third kappa shape index (κ3) is 5.16. The highest BCUT2D eigenvalue weighted by molar-refractivity contribution is 6.00. The van der Waals surface area contributed by atoms with E-state index < -0.39 is 36.0 Å². The number of anilines is 2. The highest BCUT2D eigenvalue weighted by Crippen LogP contribution is 2.26. The van der Waals surface area contributed by atoms with Crippen LogP contribution in [0, 0.1) is 17.6 Å². The molecule has 0 aliphatic carbocycles. The molecule has 6 nitrogen and oxygen atoms in total. The lowest BCUT2D eigenvalue weighted by atomic mass is 10.1. The minimum atomic E-state index is -0.839. The van der Waals surface area contributed by atoms with Crippen molar-refractivity contribution >= 4 is 29.2 Å². The third-order valence-corrected chi connectivity index (χ3v) is 4.61. The Kier molecular flexibility index (Phi) is 6.21. The molecule has 0 spiro atoms. The normalized spacial score (nSPS) is 16.0. The molecule has 0 bridgehead atoms. The Hall–Kier alpha value is -3.29. The van der Waals surface area contributed by atoms with Gasteiger partial charge in [-0.25, -0.2) is 8.78 Å². The standard InChI is InChI=1S/C21H20F2N2O4/c1-2-13-3-5-18(6-4-13)25-11-14(7-20(25)27)21(28)29-12-19(26)24-17-9-15(22)8-16(23)10-17/h3-6,8-10,14H,2,7,11-12H2,1H3,(H,24,26). The first-order chi connectivity index (χ1) is 13.9. The molecule has 8 heteroatoms. The summed E-state index contributed by atoms with van der Waals surface area (Å²) in [6, 6.07) is 10.1. The topological polar surface area (TPSA) is 75.7 Å². The van der Waals surface area contributed by atoms with Gasteiger partial charge in [0.15, 0.2) is 6.61 Å². The molecule has 1 atom stereocenters. The maximum absolute atomic E-state index is 13.1. The lowest BCUT2D eigenvalue weighted by Gasteiger charge is -2.17. The zero-order chi connectivity index (χ0) is 21.0. The lowest BCUT2D eigenvalue weighted by Crippen LogP contribution is -2.28. The summed E-state index contributed by atoms with van der Waals surface area (Å²) in [5, 5.41) is 2.25. The van der Waals surface area contributed by atoms with E-state index in [1.165, 1.54) is 4.90 Å². The van der Waals surface area contributed by atoms with Crippen LogP contribution in [-0.4, -0.2) is 30.9 Å². The van der Waals surface area contributed by atoms with Gasteiger partial charge in [-0.05, 0) is 36.2 Å². The number of benzene rings is 2. The SMILES string of the molecule is CCc1ccc(N2CC(C(=O)OCC(=O)Nc3cc(F)cc(F)c3)CC2=O)cc1. The van der Waals surface area contributed by atoms with Gasteiger partial charge in [-0.3, -0.25) is 14.4 Å². The summed E-state index contributed by atoms with van der Waals surface area (Å²) in [6.07, 6.45) is 0.874. The summed E-state index contributed by atoms with van der Waals surface area (Å²) in [5.74, 6) is -3.97. The number of carbonyl (C=O) groups is 3. The average molecular weight is 402 g/mol. The highest BCUT2D eigenvalue weighted by atomic mass is 19.1. The van der Waals surface area contributed by atoms with Gasteiger partial charge in [0.2, 0.25) is 5.91 Å². The molecule has 1 fully saturated rings. The van der Waals surface area contributed by atoms with Crippen LogP contribution < -0.4 is 10.2 Å². The van der Waals surface area contributed by atoms with Gasteiger partial charge in [0.25, 0.3) is 5.91 Å². The van der Waals surface area contributed by atoms with E-state index in [0.29, 0.717) is 11.8 Å². The molecule has 0 saturated carbocycles. The van der Waals surface area contributed by atoms with Crippen molar-refractivity contribution in [3.8, 4) is 0 Å². The van der Waals surface area contributed by atoms with Gasteiger partial charge in [0.05, 0.1) is 5.92 Å². The van der Waals surface area contributed by atoms with E-state index in [4.69, 9.17) is 4.74 Å². The molecule has 1 unspecified atom stereocenters. The minimum absolute atomic E-state index is 0.00884. The van der Waals surface area contributed by atoms with Gasteiger partial charge < -0.3 is 15.0 Å². The fourth-order valence-electron chi connectivity index (χ4n) is 3.10. The number of nitrogens with zero attached hydrogens (tertiary/aromatic N) is 1. The molecule has 2 amide bonds. The van der Waals surface area contributed by atoms with Gasteiger partial charge in [-0.1, -0.05) is 19.1 Å². The smallest absolute Gasteiger partial charge is 0.311 e. The van der Waals surface area contributed by atoms with Crippen molar-refractivity contribution in [3.63, 3.8) is 0 Å². The molecule has 1 N–H and O–H groups in total. The first kappa shape index (κ1) is 20.4. The number of halogens is 2. The zero-order valence-electron chi connectivity index (χ0n) is 15.8. The number of carbonyl (C=O) groups excluding carboxylic acids is 3. The largest absolute Gasteiger partial charge is 0.455 e. The second-order valence-electron chi connectivity index (χ2n) is 6.74. The zero-order valence-corrected chi connectivity index (χ0v) is 15.8. The number of amides is 2. The second-order valence-corrected chi connectivity index (χ2v) is 6.74. The van der Waals surface area contributed by atoms with E-state index in [-0.39, 0.29) is 24.6 Å². The number of hydrogen-bond acceptors (Lipinski definition) is 4. The molecular weight excluding hydrogens is 382 g/mol. The molecule has 1 saturated heterocycles. The van der Waals surface area contributed by atoms with Gasteiger partial charge in [0.1, 0.15) is 11.6 Å². The Morgan fingerprint density at radius 3 is 2.41 bits per heavy atom. The molecule has 2 aromatic carbocycles. The molecule has 3 rings (SSSR count). The van der Waals surface area contributed by atoms with Crippen LogP contribution in [0.2, 0.25) is 0 Å². The summed E-state index contributed by atoms with van der Waals surface area (Å²) in [6.45, 7) is 1.58. The van der Waals surface area contributed by atoms with Crippen LogP contribution in [0.1, 0.15) is 18.9 Å².